The number of hydrogen-bond acceptors (Lipinski definition) is 6. The van der Waals surface area contributed by atoms with Gasteiger partial charge in [-0.05, 0) is 60.6 Å². The number of rotatable bonds is 4. The third kappa shape index (κ3) is 5.35. The first-order valence-electron chi connectivity index (χ1n) is 12.2. The van der Waals surface area contributed by atoms with Gasteiger partial charge in [0.05, 0.1) is 24.3 Å². The number of anilines is 1. The second-order valence-electron chi connectivity index (χ2n) is 9.60. The molecule has 10 heteroatoms. The average molecular weight is 522 g/mol. The Morgan fingerprint density at radius 2 is 1.84 bits per heavy atom. The molecule has 2 aromatic heterocycles. The van der Waals surface area contributed by atoms with Crippen LogP contribution in [-0.2, 0) is 10.9 Å². The molecular formula is C28H26F3N5O2. The third-order valence-corrected chi connectivity index (χ3v) is 6.62. The Morgan fingerprint density at radius 3 is 2.50 bits per heavy atom. The van der Waals surface area contributed by atoms with Crippen molar-refractivity contribution in [2.24, 2.45) is 11.5 Å². The molecule has 1 aliphatic heterocycles. The molecule has 3 heterocycles. The third-order valence-electron chi connectivity index (χ3n) is 6.62. The van der Waals surface area contributed by atoms with Gasteiger partial charge in [0, 0.05) is 24.8 Å². The van der Waals surface area contributed by atoms with Crippen molar-refractivity contribution < 1.29 is 22.7 Å². The van der Waals surface area contributed by atoms with E-state index in [9.17, 15) is 18.0 Å². The number of aromatic nitrogens is 2. The number of morpholine rings is 1. The number of carbonyl (C=O) groups excluding carboxylic acids is 1. The summed E-state index contributed by atoms with van der Waals surface area (Å²) < 4.78 is 47.8. The number of aryl methyl sites for hydroxylation is 1. The Labute approximate surface area is 218 Å². The maximum atomic E-state index is 14.1. The fraction of sp³-hybridized carbons (Fsp3) is 0.321. The first kappa shape index (κ1) is 25.7. The Balaban J connectivity index is 1.75. The summed E-state index contributed by atoms with van der Waals surface area (Å²) in [4.78, 5) is 22.6. The molecule has 1 aromatic carbocycles. The van der Waals surface area contributed by atoms with Crippen LogP contribution in [0.15, 0.2) is 42.6 Å². The van der Waals surface area contributed by atoms with Crippen molar-refractivity contribution in [1.29, 1.82) is 0 Å². The van der Waals surface area contributed by atoms with Gasteiger partial charge in [-0.1, -0.05) is 29.7 Å². The highest BCUT2D eigenvalue weighted by Gasteiger charge is 2.38. The number of hydrogen-bond donors (Lipinski definition) is 2. The van der Waals surface area contributed by atoms with Crippen LogP contribution in [0.2, 0.25) is 0 Å². The molecule has 38 heavy (non-hydrogen) atoms. The van der Waals surface area contributed by atoms with Crippen molar-refractivity contribution in [3.63, 3.8) is 0 Å². The van der Waals surface area contributed by atoms with Gasteiger partial charge in [-0.2, -0.15) is 13.2 Å². The minimum Gasteiger partial charge on any atom is -0.378 e. The monoisotopic (exact) mass is 521 g/mol. The van der Waals surface area contributed by atoms with Gasteiger partial charge in [-0.3, -0.25) is 9.78 Å². The smallest absolute Gasteiger partial charge is 0.378 e. The molecule has 2 aliphatic rings. The fourth-order valence-corrected chi connectivity index (χ4v) is 4.41. The topological polar surface area (TPSA) is 107 Å². The summed E-state index contributed by atoms with van der Waals surface area (Å²) in [6.45, 7) is 4.11. The van der Waals surface area contributed by atoms with Crippen LogP contribution in [0.25, 0.3) is 22.3 Å². The van der Waals surface area contributed by atoms with Crippen LogP contribution in [0.4, 0.5) is 19.0 Å². The predicted octanol–water partition coefficient (Wildman–Crippen LogP) is 3.92. The first-order chi connectivity index (χ1) is 18.0. The Kier molecular flexibility index (Phi) is 6.59. The maximum absolute atomic E-state index is 14.1. The van der Waals surface area contributed by atoms with E-state index in [1.807, 2.05) is 17.9 Å². The average Bonchev–Trinajstić information content (AvgIpc) is 3.64. The van der Waals surface area contributed by atoms with Gasteiger partial charge in [0.25, 0.3) is 0 Å². The van der Waals surface area contributed by atoms with Crippen LogP contribution >= 0.6 is 0 Å². The van der Waals surface area contributed by atoms with Crippen LogP contribution < -0.4 is 16.4 Å². The van der Waals surface area contributed by atoms with Gasteiger partial charge in [0.2, 0.25) is 5.91 Å². The molecule has 196 valence electrons. The molecule has 0 unspecified atom stereocenters. The van der Waals surface area contributed by atoms with Gasteiger partial charge >= 0.3 is 6.18 Å². The molecule has 0 spiro atoms. The van der Waals surface area contributed by atoms with E-state index in [4.69, 9.17) is 21.2 Å². The second kappa shape index (κ2) is 9.74. The summed E-state index contributed by atoms with van der Waals surface area (Å²) in [6, 6.07) is 9.77. The largest absolute Gasteiger partial charge is 0.433 e. The number of halogens is 3. The molecule has 0 atom stereocenters. The summed E-state index contributed by atoms with van der Waals surface area (Å²) >= 11 is 0. The van der Waals surface area contributed by atoms with Crippen molar-refractivity contribution in [3.05, 3.63) is 65.1 Å². The molecule has 1 aliphatic carbocycles. The molecule has 0 radical (unpaired) electrons. The number of carbonyl (C=O) groups is 1. The minimum atomic E-state index is -4.81. The van der Waals surface area contributed by atoms with E-state index in [1.165, 1.54) is 6.07 Å². The van der Waals surface area contributed by atoms with Gasteiger partial charge in [0.1, 0.15) is 11.5 Å². The summed E-state index contributed by atoms with van der Waals surface area (Å²) in [5, 5.41) is 0. The molecule has 7 nitrogen and oxygen atoms in total. The van der Waals surface area contributed by atoms with E-state index in [2.05, 4.69) is 16.8 Å². The van der Waals surface area contributed by atoms with Crippen LogP contribution in [0.5, 0.6) is 0 Å². The van der Waals surface area contributed by atoms with Crippen molar-refractivity contribution in [3.8, 4) is 34.1 Å². The lowest BCUT2D eigenvalue weighted by Crippen LogP contribution is -2.36. The number of pyridine rings is 2. The van der Waals surface area contributed by atoms with E-state index >= 15 is 0 Å². The maximum Gasteiger partial charge on any atom is 0.433 e. The SMILES string of the molecule is Cc1ccc(-c2c(C(N)=O)ccnc2C(F)(F)F)c(-c2cc(C#CC3(N)CC3)nc(N3CCOCC3)c2)c1. The number of alkyl halides is 3. The predicted molar refractivity (Wildman–Crippen MR) is 137 cm³/mol. The number of benzene rings is 1. The molecule has 1 amide bonds. The number of nitrogens with two attached hydrogens (primary N) is 2. The first-order valence-corrected chi connectivity index (χ1v) is 12.2. The van der Waals surface area contributed by atoms with Crippen LogP contribution in [0.1, 0.15) is 40.2 Å². The van der Waals surface area contributed by atoms with Gasteiger partial charge < -0.3 is 21.1 Å². The normalized spacial score (nSPS) is 16.5. The molecule has 1 saturated heterocycles. The molecular weight excluding hydrogens is 495 g/mol. The van der Waals surface area contributed by atoms with E-state index in [0.29, 0.717) is 48.9 Å². The van der Waals surface area contributed by atoms with Crippen molar-refractivity contribution in [2.75, 3.05) is 31.2 Å². The lowest BCUT2D eigenvalue weighted by Gasteiger charge is -2.28. The zero-order chi connectivity index (χ0) is 27.1. The molecule has 4 N–H and O–H groups in total. The lowest BCUT2D eigenvalue weighted by molar-refractivity contribution is -0.140. The highest BCUT2D eigenvalue weighted by Crippen LogP contribution is 2.42. The summed E-state index contributed by atoms with van der Waals surface area (Å²) in [6.07, 6.45) is -2.27. The molecule has 1 saturated carbocycles. The lowest BCUT2D eigenvalue weighted by atomic mass is 9.89. The molecule has 5 rings (SSSR count). The summed E-state index contributed by atoms with van der Waals surface area (Å²) in [5.74, 6) is 5.78. The summed E-state index contributed by atoms with van der Waals surface area (Å²) in [7, 11) is 0. The zero-order valence-corrected chi connectivity index (χ0v) is 20.7. The molecule has 0 bridgehead atoms. The molecule has 3 aromatic rings. The van der Waals surface area contributed by atoms with Gasteiger partial charge in [-0.25, -0.2) is 4.98 Å². The van der Waals surface area contributed by atoms with E-state index in [1.54, 1.807) is 24.3 Å². The Morgan fingerprint density at radius 1 is 1.11 bits per heavy atom. The van der Waals surface area contributed by atoms with Gasteiger partial charge in [0.15, 0.2) is 5.69 Å². The van der Waals surface area contributed by atoms with Crippen molar-refractivity contribution in [1.82, 2.24) is 9.97 Å². The van der Waals surface area contributed by atoms with E-state index < -0.39 is 23.3 Å². The van der Waals surface area contributed by atoms with E-state index in [0.717, 1.165) is 24.6 Å². The van der Waals surface area contributed by atoms with Crippen molar-refractivity contribution in [2.45, 2.75) is 31.5 Å². The van der Waals surface area contributed by atoms with Crippen LogP contribution in [0.3, 0.4) is 0 Å². The Hall–Kier alpha value is -3.94. The minimum absolute atomic E-state index is 0.181. The zero-order valence-electron chi connectivity index (χ0n) is 20.7. The number of ether oxygens (including phenoxy) is 1. The number of amides is 1. The second-order valence-corrected chi connectivity index (χ2v) is 9.60. The fourth-order valence-electron chi connectivity index (χ4n) is 4.41. The number of primary amides is 1. The Bertz CT molecular complexity index is 1470. The summed E-state index contributed by atoms with van der Waals surface area (Å²) in [5.41, 5.74) is 11.9. The standard InChI is InChI=1S/C28H26F3N5O2/c1-17-2-3-20(24-21(26(32)37)5-9-34-25(24)28(29,30)31)22(14-17)18-15-19(4-6-27(33)7-8-27)35-23(16-18)36-10-12-38-13-11-36/h2-3,5,9,14-16H,7-8,10-13,33H2,1H3,(H2,32,37). The van der Waals surface area contributed by atoms with Crippen LogP contribution in [0, 0.1) is 18.8 Å². The highest BCUT2D eigenvalue weighted by atomic mass is 19.4. The quantitative estimate of drug-likeness (QED) is 0.504. The van der Waals surface area contributed by atoms with Gasteiger partial charge in [-0.15, -0.1) is 0 Å². The van der Waals surface area contributed by atoms with E-state index in [-0.39, 0.29) is 16.7 Å². The van der Waals surface area contributed by atoms with Crippen LogP contribution in [-0.4, -0.2) is 47.7 Å². The highest BCUT2D eigenvalue weighted by molar-refractivity contribution is 6.02. The number of nitrogens with zero attached hydrogens (tertiary/aromatic N) is 3. The van der Waals surface area contributed by atoms with Crippen molar-refractivity contribution >= 4 is 11.7 Å². The molecule has 2 fully saturated rings.